The fourth-order valence-corrected chi connectivity index (χ4v) is 4.51. The molecule has 0 aromatic carbocycles. The highest BCUT2D eigenvalue weighted by Crippen LogP contribution is 2.33. The van der Waals surface area contributed by atoms with Crippen molar-refractivity contribution in [1.29, 1.82) is 0 Å². The van der Waals surface area contributed by atoms with Crippen LogP contribution < -0.4 is 4.90 Å². The number of hydrogen-bond acceptors (Lipinski definition) is 4. The average molecular weight is 324 g/mol. The fraction of sp³-hybridized carbons (Fsp3) is 0.625. The predicted molar refractivity (Wildman–Crippen MR) is 91.7 cm³/mol. The molecule has 0 saturated carbocycles. The minimum atomic E-state index is 0.558. The molecule has 0 N–H and O–H groups in total. The van der Waals surface area contributed by atoms with Crippen LogP contribution in [0.4, 0.5) is 5.95 Å². The van der Waals surface area contributed by atoms with Crippen molar-refractivity contribution in [2.75, 3.05) is 11.4 Å². The Morgan fingerprint density at radius 3 is 2.95 bits per heavy atom. The lowest BCUT2D eigenvalue weighted by Gasteiger charge is -2.35. The summed E-state index contributed by atoms with van der Waals surface area (Å²) in [6, 6.07) is 2.71. The van der Waals surface area contributed by atoms with Crippen LogP contribution in [0.15, 0.2) is 6.07 Å². The Morgan fingerprint density at radius 2 is 2.19 bits per heavy atom. The molecule has 5 heteroatoms. The van der Waals surface area contributed by atoms with Gasteiger partial charge in [-0.25, -0.2) is 9.97 Å². The summed E-state index contributed by atoms with van der Waals surface area (Å²) < 4.78 is 0. The van der Waals surface area contributed by atoms with Crippen LogP contribution in [0.1, 0.15) is 50.8 Å². The maximum atomic E-state index is 6.41. The molecule has 3 rings (SSSR count). The van der Waals surface area contributed by atoms with Crippen LogP contribution in [-0.2, 0) is 6.42 Å². The van der Waals surface area contributed by atoms with Crippen LogP contribution >= 0.6 is 22.9 Å². The van der Waals surface area contributed by atoms with E-state index in [-0.39, 0.29) is 0 Å². The van der Waals surface area contributed by atoms with Crippen molar-refractivity contribution in [1.82, 2.24) is 9.97 Å². The number of aromatic nitrogens is 2. The third-order valence-electron chi connectivity index (χ3n) is 4.24. The Bertz CT molecular complexity index is 625. The van der Waals surface area contributed by atoms with E-state index in [9.17, 15) is 0 Å². The first-order valence-corrected chi connectivity index (χ1v) is 9.15. The third kappa shape index (κ3) is 3.02. The molecule has 1 saturated heterocycles. The summed E-state index contributed by atoms with van der Waals surface area (Å²) in [5.41, 5.74) is 0. The van der Waals surface area contributed by atoms with Crippen molar-refractivity contribution in [3.8, 4) is 0 Å². The number of rotatable bonds is 4. The molecule has 21 heavy (non-hydrogen) atoms. The van der Waals surface area contributed by atoms with E-state index < -0.39 is 0 Å². The molecule has 1 aliphatic rings. The predicted octanol–water partition coefficient (Wildman–Crippen LogP) is 5.07. The Kier molecular flexibility index (Phi) is 4.65. The second kappa shape index (κ2) is 6.49. The minimum absolute atomic E-state index is 0.558. The molecule has 3 nitrogen and oxygen atoms in total. The number of thiophene rings is 1. The van der Waals surface area contributed by atoms with E-state index in [1.165, 1.54) is 24.1 Å². The number of nitrogens with zero attached hydrogens (tertiary/aromatic N) is 3. The van der Waals surface area contributed by atoms with E-state index in [1.54, 1.807) is 11.3 Å². The zero-order chi connectivity index (χ0) is 14.8. The Labute approximate surface area is 135 Å². The summed E-state index contributed by atoms with van der Waals surface area (Å²) in [5, 5.41) is 1.62. The van der Waals surface area contributed by atoms with E-state index in [0.29, 0.717) is 11.2 Å². The van der Waals surface area contributed by atoms with Gasteiger partial charge in [0.2, 0.25) is 5.95 Å². The van der Waals surface area contributed by atoms with Crippen LogP contribution in [0.25, 0.3) is 10.2 Å². The van der Waals surface area contributed by atoms with Gasteiger partial charge < -0.3 is 4.90 Å². The zero-order valence-electron chi connectivity index (χ0n) is 12.7. The second-order valence-corrected chi connectivity index (χ2v) is 7.22. The van der Waals surface area contributed by atoms with Crippen molar-refractivity contribution in [2.24, 2.45) is 0 Å². The summed E-state index contributed by atoms with van der Waals surface area (Å²) in [5.74, 6) is 0.823. The molecule has 1 aliphatic heterocycles. The van der Waals surface area contributed by atoms with Gasteiger partial charge in [-0.05, 0) is 38.2 Å². The van der Waals surface area contributed by atoms with E-state index >= 15 is 0 Å². The molecule has 1 atom stereocenters. The molecule has 1 fully saturated rings. The summed E-state index contributed by atoms with van der Waals surface area (Å²) in [4.78, 5) is 14.1. The lowest BCUT2D eigenvalue weighted by atomic mass is 10.0. The van der Waals surface area contributed by atoms with Gasteiger partial charge in [0, 0.05) is 22.8 Å². The van der Waals surface area contributed by atoms with E-state index in [1.807, 2.05) is 0 Å². The number of anilines is 1. The molecule has 0 aliphatic carbocycles. The smallest absolute Gasteiger partial charge is 0.228 e. The monoisotopic (exact) mass is 323 g/mol. The summed E-state index contributed by atoms with van der Waals surface area (Å²) >= 11 is 8.18. The van der Waals surface area contributed by atoms with Crippen molar-refractivity contribution < 1.29 is 0 Å². The Balaban J connectivity index is 1.98. The van der Waals surface area contributed by atoms with Crippen molar-refractivity contribution >= 4 is 39.1 Å². The van der Waals surface area contributed by atoms with Gasteiger partial charge in [0.05, 0.1) is 0 Å². The Hall–Kier alpha value is -0.870. The SMILES string of the molecule is CCCc1cc2c(Cl)nc(N3CCCCC3CC)nc2s1. The highest BCUT2D eigenvalue weighted by atomic mass is 35.5. The van der Waals surface area contributed by atoms with E-state index in [2.05, 4.69) is 29.8 Å². The standard InChI is InChI=1S/C16H22ClN3S/c1-3-7-12-10-13-14(17)18-16(19-15(13)21-12)20-9-6-5-8-11(20)4-2/h10-11H,3-9H2,1-2H3. The highest BCUT2D eigenvalue weighted by molar-refractivity contribution is 7.18. The molecule has 2 aromatic heterocycles. The molecule has 2 aromatic rings. The summed E-state index contributed by atoms with van der Waals surface area (Å²) in [7, 11) is 0. The summed E-state index contributed by atoms with van der Waals surface area (Å²) in [6.07, 6.45) is 7.15. The van der Waals surface area contributed by atoms with Crippen molar-refractivity contribution in [3.63, 3.8) is 0 Å². The molecule has 0 radical (unpaired) electrons. The van der Waals surface area contributed by atoms with Gasteiger partial charge in [0.15, 0.2) is 0 Å². The highest BCUT2D eigenvalue weighted by Gasteiger charge is 2.24. The Morgan fingerprint density at radius 1 is 1.33 bits per heavy atom. The number of fused-ring (bicyclic) bond motifs is 1. The lowest BCUT2D eigenvalue weighted by molar-refractivity contribution is 0.443. The van der Waals surface area contributed by atoms with Gasteiger partial charge in [-0.2, -0.15) is 0 Å². The van der Waals surface area contributed by atoms with Gasteiger partial charge in [-0.1, -0.05) is 31.9 Å². The van der Waals surface area contributed by atoms with E-state index in [4.69, 9.17) is 16.6 Å². The first-order valence-electron chi connectivity index (χ1n) is 7.95. The van der Waals surface area contributed by atoms with Gasteiger partial charge in [-0.3, -0.25) is 0 Å². The summed E-state index contributed by atoms with van der Waals surface area (Å²) in [6.45, 7) is 5.49. The molecule has 0 spiro atoms. The average Bonchev–Trinajstić information content (AvgIpc) is 2.91. The van der Waals surface area contributed by atoms with Gasteiger partial charge in [0.1, 0.15) is 9.98 Å². The number of halogens is 1. The van der Waals surface area contributed by atoms with Crippen LogP contribution in [-0.4, -0.2) is 22.6 Å². The quantitative estimate of drug-likeness (QED) is 0.736. The van der Waals surface area contributed by atoms with Crippen LogP contribution in [0.2, 0.25) is 5.15 Å². The van der Waals surface area contributed by atoms with Crippen LogP contribution in [0.3, 0.4) is 0 Å². The van der Waals surface area contributed by atoms with Crippen molar-refractivity contribution in [3.05, 3.63) is 16.1 Å². The maximum absolute atomic E-state index is 6.41. The molecule has 1 unspecified atom stereocenters. The van der Waals surface area contributed by atoms with Gasteiger partial charge >= 0.3 is 0 Å². The first kappa shape index (κ1) is 15.0. The van der Waals surface area contributed by atoms with Crippen LogP contribution in [0.5, 0.6) is 0 Å². The number of aryl methyl sites for hydroxylation is 1. The molecular weight excluding hydrogens is 302 g/mol. The normalized spacial score (nSPS) is 19.4. The van der Waals surface area contributed by atoms with Gasteiger partial charge in [0.25, 0.3) is 0 Å². The molecule has 3 heterocycles. The van der Waals surface area contributed by atoms with E-state index in [0.717, 1.165) is 42.0 Å². The number of piperidine rings is 1. The fourth-order valence-electron chi connectivity index (χ4n) is 3.11. The molecule has 0 bridgehead atoms. The first-order chi connectivity index (χ1) is 10.2. The van der Waals surface area contributed by atoms with Crippen LogP contribution in [0, 0.1) is 0 Å². The number of hydrogen-bond donors (Lipinski definition) is 0. The third-order valence-corrected chi connectivity index (χ3v) is 5.61. The second-order valence-electron chi connectivity index (χ2n) is 5.75. The molecule has 0 amide bonds. The topological polar surface area (TPSA) is 29.0 Å². The van der Waals surface area contributed by atoms with Gasteiger partial charge in [-0.15, -0.1) is 11.3 Å². The van der Waals surface area contributed by atoms with Crippen molar-refractivity contribution in [2.45, 2.75) is 58.4 Å². The molecule has 114 valence electrons. The minimum Gasteiger partial charge on any atom is -0.338 e. The maximum Gasteiger partial charge on any atom is 0.228 e. The lowest BCUT2D eigenvalue weighted by Crippen LogP contribution is -2.40. The largest absolute Gasteiger partial charge is 0.338 e. The molecular formula is C16H22ClN3S. The zero-order valence-corrected chi connectivity index (χ0v) is 14.3.